The van der Waals surface area contributed by atoms with Gasteiger partial charge in [0, 0.05) is 10.9 Å². The van der Waals surface area contributed by atoms with Gasteiger partial charge in [-0.2, -0.15) is 13.2 Å². The number of nitrogens with one attached hydrogen (secondary N) is 2. The van der Waals surface area contributed by atoms with Gasteiger partial charge in [-0.3, -0.25) is 14.5 Å². The average Bonchev–Trinajstić information content (AvgIpc) is 3.55. The van der Waals surface area contributed by atoms with Crippen LogP contribution in [-0.2, 0) is 21.0 Å². The Labute approximate surface area is 194 Å². The second-order valence-electron chi connectivity index (χ2n) is 7.37. The maximum absolute atomic E-state index is 14.6. The lowest BCUT2D eigenvalue weighted by Crippen LogP contribution is -2.28. The predicted octanol–water partition coefficient (Wildman–Crippen LogP) is 3.30. The summed E-state index contributed by atoms with van der Waals surface area (Å²) in [5.74, 6) is -1.76. The van der Waals surface area contributed by atoms with Crippen LogP contribution < -0.4 is 15.8 Å². The highest BCUT2D eigenvalue weighted by Crippen LogP contribution is 2.32. The topological polar surface area (TPSA) is 140 Å². The maximum Gasteiger partial charge on any atom is 0.434 e. The molecule has 0 aliphatic heterocycles. The van der Waals surface area contributed by atoms with E-state index in [9.17, 15) is 30.8 Å². The molecular weight excluding hydrogens is 500 g/mol. The summed E-state index contributed by atoms with van der Waals surface area (Å²) in [4.78, 5) is 23.4. The summed E-state index contributed by atoms with van der Waals surface area (Å²) >= 11 is 0.951. The molecule has 1 unspecified atom stereocenters. The van der Waals surface area contributed by atoms with E-state index in [2.05, 4.69) is 25.0 Å². The molecule has 4 rings (SSSR count). The lowest BCUT2D eigenvalue weighted by atomic mass is 10.1. The van der Waals surface area contributed by atoms with E-state index >= 15 is 0 Å². The second kappa shape index (κ2) is 8.88. The van der Waals surface area contributed by atoms with Crippen molar-refractivity contribution in [2.75, 3.05) is 10.0 Å². The van der Waals surface area contributed by atoms with Gasteiger partial charge in [0.2, 0.25) is 15.9 Å². The third-order valence-corrected chi connectivity index (χ3v) is 7.50. The molecule has 3 aromatic rings. The van der Waals surface area contributed by atoms with Crippen molar-refractivity contribution in [1.82, 2.24) is 15.0 Å². The van der Waals surface area contributed by atoms with E-state index in [0.29, 0.717) is 19.0 Å². The van der Waals surface area contributed by atoms with Gasteiger partial charge in [0.25, 0.3) is 0 Å². The van der Waals surface area contributed by atoms with E-state index in [4.69, 9.17) is 5.73 Å². The van der Waals surface area contributed by atoms with Gasteiger partial charge < -0.3 is 11.1 Å². The molecule has 0 spiro atoms. The number of hydrogen-bond donors (Lipinski definition) is 3. The van der Waals surface area contributed by atoms with Gasteiger partial charge in [-0.25, -0.2) is 22.8 Å². The quantitative estimate of drug-likeness (QED) is 0.409. The lowest BCUT2D eigenvalue weighted by molar-refractivity contribution is -0.141. The molecule has 1 aliphatic carbocycles. The number of thiazole rings is 1. The number of alkyl halides is 3. The molecule has 1 aliphatic rings. The highest BCUT2D eigenvalue weighted by Gasteiger charge is 2.36. The van der Waals surface area contributed by atoms with Gasteiger partial charge in [0.15, 0.2) is 10.8 Å². The molecule has 0 radical (unpaired) electrons. The number of amides is 1. The van der Waals surface area contributed by atoms with Crippen LogP contribution in [0.1, 0.15) is 30.3 Å². The van der Waals surface area contributed by atoms with Gasteiger partial charge in [-0.1, -0.05) is 6.07 Å². The van der Waals surface area contributed by atoms with Crippen molar-refractivity contribution < 1.29 is 30.8 Å². The minimum absolute atomic E-state index is 0.0190. The molecular formula is C19H16F4N6O3S2. The van der Waals surface area contributed by atoms with Crippen molar-refractivity contribution >= 4 is 38.1 Å². The first-order chi connectivity index (χ1) is 15.9. The molecule has 1 atom stereocenters. The summed E-state index contributed by atoms with van der Waals surface area (Å²) in [5, 5.41) is 3.29. The van der Waals surface area contributed by atoms with Gasteiger partial charge >= 0.3 is 6.18 Å². The predicted molar refractivity (Wildman–Crippen MR) is 116 cm³/mol. The summed E-state index contributed by atoms with van der Waals surface area (Å²) in [6.07, 6.45) is -1.97. The smallest absolute Gasteiger partial charge is 0.322 e. The van der Waals surface area contributed by atoms with Gasteiger partial charge in [-0.05, 0) is 25.0 Å². The summed E-state index contributed by atoms with van der Waals surface area (Å²) in [5.41, 5.74) is 4.27. The molecule has 2 heterocycles. The number of hydrogen-bond acceptors (Lipinski definition) is 8. The van der Waals surface area contributed by atoms with E-state index in [0.717, 1.165) is 29.7 Å². The molecule has 34 heavy (non-hydrogen) atoms. The van der Waals surface area contributed by atoms with Crippen molar-refractivity contribution in [3.8, 4) is 11.3 Å². The highest BCUT2D eigenvalue weighted by molar-refractivity contribution is 7.93. The first-order valence-electron chi connectivity index (χ1n) is 9.67. The molecule has 1 fully saturated rings. The second-order valence-corrected chi connectivity index (χ2v) is 10.2. The van der Waals surface area contributed by atoms with Crippen LogP contribution in [0.25, 0.3) is 11.3 Å². The Morgan fingerprint density at radius 1 is 1.21 bits per heavy atom. The van der Waals surface area contributed by atoms with Crippen LogP contribution in [0.2, 0.25) is 0 Å². The van der Waals surface area contributed by atoms with E-state index in [1.165, 1.54) is 11.4 Å². The summed E-state index contributed by atoms with van der Waals surface area (Å²) < 4.78 is 79.4. The number of halogens is 4. The fraction of sp³-hybridized carbons (Fsp3) is 0.263. The van der Waals surface area contributed by atoms with Crippen molar-refractivity contribution in [1.29, 1.82) is 0 Å². The van der Waals surface area contributed by atoms with E-state index in [1.54, 1.807) is 0 Å². The fourth-order valence-corrected chi connectivity index (χ4v) is 5.16. The number of aromatic nitrogens is 3. The first kappa shape index (κ1) is 24.0. The molecule has 1 aromatic carbocycles. The molecule has 1 saturated carbocycles. The van der Waals surface area contributed by atoms with Gasteiger partial charge in [0.05, 0.1) is 34.7 Å². The highest BCUT2D eigenvalue weighted by atomic mass is 32.2. The molecule has 2 aromatic heterocycles. The molecule has 0 bridgehead atoms. The number of sulfonamides is 1. The number of rotatable bonds is 7. The molecule has 1 amide bonds. The Morgan fingerprint density at radius 3 is 2.59 bits per heavy atom. The zero-order chi connectivity index (χ0) is 24.7. The number of carbonyl (C=O) groups excluding carboxylic acids is 1. The fourth-order valence-electron chi connectivity index (χ4n) is 2.82. The average molecular weight is 517 g/mol. The molecule has 0 saturated heterocycles. The van der Waals surface area contributed by atoms with Crippen LogP contribution in [-0.4, -0.2) is 34.5 Å². The van der Waals surface area contributed by atoms with Crippen molar-refractivity contribution in [3.63, 3.8) is 0 Å². The van der Waals surface area contributed by atoms with Crippen LogP contribution in [0.5, 0.6) is 0 Å². The van der Waals surface area contributed by atoms with Crippen LogP contribution >= 0.6 is 11.3 Å². The zero-order valence-corrected chi connectivity index (χ0v) is 18.6. The van der Waals surface area contributed by atoms with Crippen LogP contribution in [0.15, 0.2) is 36.0 Å². The monoisotopic (exact) mass is 516 g/mol. The largest absolute Gasteiger partial charge is 0.434 e. The lowest BCUT2D eigenvalue weighted by Gasteiger charge is -2.12. The third kappa shape index (κ3) is 5.31. The third-order valence-electron chi connectivity index (χ3n) is 4.76. The van der Waals surface area contributed by atoms with Crippen molar-refractivity contribution in [2.24, 2.45) is 5.73 Å². The summed E-state index contributed by atoms with van der Waals surface area (Å²) in [6.45, 7) is 0. The Morgan fingerprint density at radius 2 is 1.94 bits per heavy atom. The Bertz CT molecular complexity index is 1340. The van der Waals surface area contributed by atoms with Crippen LogP contribution in [0.3, 0.4) is 0 Å². The number of nitrogens with two attached hydrogens (primary N) is 1. The first-order valence-corrected chi connectivity index (χ1v) is 12.1. The normalized spacial score (nSPS) is 15.1. The number of nitrogens with zero attached hydrogens (tertiary/aromatic N) is 3. The van der Waals surface area contributed by atoms with Crippen molar-refractivity contribution in [2.45, 2.75) is 30.3 Å². The van der Waals surface area contributed by atoms with Gasteiger partial charge in [0.1, 0.15) is 11.9 Å². The van der Waals surface area contributed by atoms with Crippen LogP contribution in [0, 0.1) is 5.82 Å². The Hall–Kier alpha value is -3.17. The number of benzene rings is 1. The standard InChI is InChI=1S/C19H16F4N6O3S2/c20-11-5-9(13-6-25-7-15(26-13)19(21,22)23)1-4-12(11)27-17(30)16(24)14-8-33-18(28-14)29-34(31,32)10-2-3-10/h1,4-8,10,16H,2-3,24H2,(H,27,30)(H,28,29). The summed E-state index contributed by atoms with van der Waals surface area (Å²) in [7, 11) is -3.53. The molecule has 15 heteroatoms. The summed E-state index contributed by atoms with van der Waals surface area (Å²) in [6, 6.07) is 1.98. The number of anilines is 2. The number of carbonyl (C=O) groups is 1. The minimum atomic E-state index is -4.71. The Kier molecular flexibility index (Phi) is 6.26. The molecule has 180 valence electrons. The zero-order valence-electron chi connectivity index (χ0n) is 17.0. The SMILES string of the molecule is NC(C(=O)Nc1ccc(-c2cncc(C(F)(F)F)n2)cc1F)c1csc(NS(=O)(=O)C2CC2)n1. The van der Waals surface area contributed by atoms with E-state index in [-0.39, 0.29) is 27.8 Å². The minimum Gasteiger partial charge on any atom is -0.322 e. The molecule has 9 nitrogen and oxygen atoms in total. The Balaban J connectivity index is 1.45. The van der Waals surface area contributed by atoms with Crippen molar-refractivity contribution in [3.05, 3.63) is 53.2 Å². The van der Waals surface area contributed by atoms with E-state index < -0.39 is 44.9 Å². The van der Waals surface area contributed by atoms with Crippen LogP contribution in [0.4, 0.5) is 28.4 Å². The van der Waals surface area contributed by atoms with E-state index in [1.807, 2.05) is 0 Å². The maximum atomic E-state index is 14.6. The molecule has 4 N–H and O–H groups in total. The van der Waals surface area contributed by atoms with Gasteiger partial charge in [-0.15, -0.1) is 11.3 Å².